The molecule has 0 radical (unpaired) electrons. The summed E-state index contributed by atoms with van der Waals surface area (Å²) in [6, 6.07) is 0. The molecule has 0 amide bonds. The summed E-state index contributed by atoms with van der Waals surface area (Å²) in [4.78, 5) is 11.4. The Kier molecular flexibility index (Phi) is 6.47. The first kappa shape index (κ1) is 14.9. The maximum Gasteiger partial charge on any atom is 0.352 e. The number of ether oxygens (including phenoxy) is 2. The summed E-state index contributed by atoms with van der Waals surface area (Å²) in [6.07, 6.45) is 1.18. The lowest BCUT2D eigenvalue weighted by Crippen LogP contribution is -2.20. The van der Waals surface area contributed by atoms with Crippen LogP contribution < -0.4 is 5.32 Å². The number of carbonyl (C=O) groups excluding carboxylic acids is 1. The van der Waals surface area contributed by atoms with E-state index in [9.17, 15) is 4.79 Å². The Morgan fingerprint density at radius 1 is 1.82 bits per heavy atom. The summed E-state index contributed by atoms with van der Waals surface area (Å²) >= 11 is 6.35. The van der Waals surface area contributed by atoms with Crippen molar-refractivity contribution in [2.24, 2.45) is 0 Å². The van der Waals surface area contributed by atoms with Crippen LogP contribution in [-0.4, -0.2) is 38.4 Å². The zero-order chi connectivity index (χ0) is 12.7. The molecule has 0 aliphatic carbocycles. The van der Waals surface area contributed by atoms with E-state index in [4.69, 9.17) is 30.3 Å². The Labute approximate surface area is 109 Å². The molecule has 2 unspecified atom stereocenters. The lowest BCUT2D eigenvalue weighted by atomic mass is 10.7. The van der Waals surface area contributed by atoms with Crippen LogP contribution in [-0.2, 0) is 35.1 Å². The molecule has 0 bridgehead atoms. The molecule has 1 fully saturated rings. The van der Waals surface area contributed by atoms with Gasteiger partial charge in [-0.2, -0.15) is 0 Å². The predicted molar refractivity (Wildman–Crippen MR) is 68.9 cm³/mol. The highest BCUT2D eigenvalue weighted by Crippen LogP contribution is 2.63. The average Bonchev–Trinajstić information content (AvgIpc) is 2.70. The molecular weight excluding hydrogens is 285 g/mol. The van der Waals surface area contributed by atoms with Crippen molar-refractivity contribution in [3.8, 4) is 0 Å². The Morgan fingerprint density at radius 3 is 3.12 bits per heavy atom. The fourth-order valence-corrected chi connectivity index (χ4v) is 5.41. The van der Waals surface area contributed by atoms with Crippen LogP contribution in [0.2, 0.25) is 0 Å². The van der Waals surface area contributed by atoms with E-state index in [1.54, 1.807) is 7.05 Å². The van der Waals surface area contributed by atoms with Crippen molar-refractivity contribution >= 4 is 34.9 Å². The van der Waals surface area contributed by atoms with E-state index in [2.05, 4.69) is 11.9 Å². The number of nitrogens with one attached hydrogen (secondary N) is 1. The molecule has 1 heterocycles. The summed E-state index contributed by atoms with van der Waals surface area (Å²) in [7, 11) is 1.64. The topological polar surface area (TPSA) is 66.0 Å². The second kappa shape index (κ2) is 7.35. The lowest BCUT2D eigenvalue weighted by Gasteiger charge is -2.21. The molecule has 0 spiro atoms. The van der Waals surface area contributed by atoms with Crippen molar-refractivity contribution in [2.75, 3.05) is 27.0 Å². The molecular formula is C8H14NO5PS2. The van der Waals surface area contributed by atoms with E-state index in [-0.39, 0.29) is 18.8 Å². The van der Waals surface area contributed by atoms with Gasteiger partial charge in [0.2, 0.25) is 0 Å². The monoisotopic (exact) mass is 299 g/mol. The minimum Gasteiger partial charge on any atom is -0.437 e. The fraction of sp³-hybridized carbons (Fsp3) is 0.625. The molecule has 1 rings (SSSR count). The van der Waals surface area contributed by atoms with E-state index in [0.717, 1.165) is 11.4 Å². The molecule has 9 heteroatoms. The van der Waals surface area contributed by atoms with Gasteiger partial charge < -0.3 is 23.8 Å². The normalized spacial score (nSPS) is 22.8. The minimum atomic E-state index is -2.82. The van der Waals surface area contributed by atoms with Crippen LogP contribution in [0.1, 0.15) is 0 Å². The number of rotatable bonds is 7. The SMILES string of the molecule is C=COP(=S)(OC(=O)CNC)SC1COCO1. The molecule has 0 aromatic heterocycles. The molecule has 0 saturated carbocycles. The molecule has 2 atom stereocenters. The molecule has 6 nitrogen and oxygen atoms in total. The Hall–Kier alpha value is -0.110. The van der Waals surface area contributed by atoms with Crippen LogP contribution in [0.5, 0.6) is 0 Å². The quantitative estimate of drug-likeness (QED) is 0.555. The molecule has 0 aromatic rings. The largest absolute Gasteiger partial charge is 0.437 e. The highest BCUT2D eigenvalue weighted by atomic mass is 32.9. The van der Waals surface area contributed by atoms with Crippen molar-refractivity contribution in [3.05, 3.63) is 12.8 Å². The number of hydrogen-bond donors (Lipinski definition) is 1. The highest BCUT2D eigenvalue weighted by Gasteiger charge is 2.32. The van der Waals surface area contributed by atoms with Crippen molar-refractivity contribution < 1.29 is 23.3 Å². The average molecular weight is 299 g/mol. The van der Waals surface area contributed by atoms with E-state index >= 15 is 0 Å². The first-order chi connectivity index (χ1) is 8.09. The van der Waals surface area contributed by atoms with Gasteiger partial charge in [-0.05, 0) is 30.2 Å². The second-order valence-corrected chi connectivity index (χ2v) is 9.14. The molecule has 1 N–H and O–H groups in total. The molecule has 1 saturated heterocycles. The highest BCUT2D eigenvalue weighted by molar-refractivity contribution is 8.68. The van der Waals surface area contributed by atoms with E-state index in [0.29, 0.717) is 6.61 Å². The molecule has 98 valence electrons. The number of carbonyl (C=O) groups is 1. The van der Waals surface area contributed by atoms with Crippen LogP contribution in [0.3, 0.4) is 0 Å². The summed E-state index contributed by atoms with van der Waals surface area (Å²) < 4.78 is 20.5. The second-order valence-electron chi connectivity index (χ2n) is 2.90. The summed E-state index contributed by atoms with van der Waals surface area (Å²) in [5.74, 6) is -0.468. The van der Waals surface area contributed by atoms with Crippen LogP contribution in [0.15, 0.2) is 12.8 Å². The summed E-state index contributed by atoms with van der Waals surface area (Å²) in [5.41, 5.74) is -3.09. The van der Waals surface area contributed by atoms with Crippen molar-refractivity contribution in [2.45, 2.75) is 5.44 Å². The standard InChI is InChI=1S/C8H14NO5PS2/c1-3-13-15(16,14-7(10)4-9-2)17-8-5-11-6-12-8/h3,8-9H,1,4-6H2,2H3. The smallest absolute Gasteiger partial charge is 0.352 e. The first-order valence-electron chi connectivity index (χ1n) is 4.74. The van der Waals surface area contributed by atoms with Gasteiger partial charge in [-0.3, -0.25) is 4.79 Å². The van der Waals surface area contributed by atoms with Gasteiger partial charge in [-0.15, -0.1) is 0 Å². The number of hydrogen-bond acceptors (Lipinski definition) is 8. The fourth-order valence-electron chi connectivity index (χ4n) is 0.982. The maximum atomic E-state index is 11.4. The zero-order valence-electron chi connectivity index (χ0n) is 9.29. The zero-order valence-corrected chi connectivity index (χ0v) is 11.8. The molecule has 1 aliphatic heterocycles. The summed E-state index contributed by atoms with van der Waals surface area (Å²) in [5, 5.41) is 2.68. The third-order valence-corrected chi connectivity index (χ3v) is 6.39. The van der Waals surface area contributed by atoms with Crippen molar-refractivity contribution in [1.29, 1.82) is 0 Å². The minimum absolute atomic E-state index is 0.0709. The molecule has 17 heavy (non-hydrogen) atoms. The summed E-state index contributed by atoms with van der Waals surface area (Å²) in [6.45, 7) is 4.10. The van der Waals surface area contributed by atoms with Gasteiger partial charge in [0.1, 0.15) is 12.2 Å². The maximum absolute atomic E-state index is 11.4. The Bertz CT molecular complexity index is 321. The predicted octanol–water partition coefficient (Wildman–Crippen LogP) is 1.20. The van der Waals surface area contributed by atoms with Gasteiger partial charge in [0, 0.05) is 0 Å². The number of likely N-dealkylation sites (N-methyl/N-ethyl adjacent to an activating group) is 1. The van der Waals surface area contributed by atoms with Crippen molar-refractivity contribution in [3.63, 3.8) is 0 Å². The van der Waals surface area contributed by atoms with Gasteiger partial charge in [0.15, 0.2) is 0 Å². The van der Waals surface area contributed by atoms with Crippen LogP contribution in [0, 0.1) is 0 Å². The first-order valence-corrected chi connectivity index (χ1v) is 8.86. The molecule has 0 aromatic carbocycles. The van der Waals surface area contributed by atoms with Gasteiger partial charge in [-0.25, -0.2) is 0 Å². The van der Waals surface area contributed by atoms with E-state index < -0.39 is 11.7 Å². The van der Waals surface area contributed by atoms with Crippen LogP contribution in [0.25, 0.3) is 0 Å². The van der Waals surface area contributed by atoms with E-state index in [1.807, 2.05) is 0 Å². The molecule has 1 aliphatic rings. The lowest BCUT2D eigenvalue weighted by molar-refractivity contribution is -0.132. The van der Waals surface area contributed by atoms with Gasteiger partial charge in [-0.1, -0.05) is 6.58 Å². The van der Waals surface area contributed by atoms with Crippen molar-refractivity contribution in [1.82, 2.24) is 5.32 Å². The van der Waals surface area contributed by atoms with Gasteiger partial charge in [0.05, 0.1) is 19.4 Å². The van der Waals surface area contributed by atoms with Gasteiger partial charge >= 0.3 is 11.7 Å². The Morgan fingerprint density at radius 2 is 2.59 bits per heavy atom. The van der Waals surface area contributed by atoms with E-state index in [1.165, 1.54) is 6.26 Å². The third-order valence-electron chi connectivity index (χ3n) is 1.58. The Balaban J connectivity index is 2.56. The third kappa shape index (κ3) is 5.37. The van der Waals surface area contributed by atoms with Crippen LogP contribution in [0.4, 0.5) is 0 Å². The van der Waals surface area contributed by atoms with Gasteiger partial charge in [0.25, 0.3) is 0 Å². The van der Waals surface area contributed by atoms with Crippen LogP contribution >= 0.6 is 17.1 Å².